The van der Waals surface area contributed by atoms with E-state index in [1.807, 2.05) is 54.6 Å². The number of nitrogens with zero attached hydrogens (tertiary/aromatic N) is 3. The van der Waals surface area contributed by atoms with E-state index in [4.69, 9.17) is 9.47 Å². The maximum atomic E-state index is 12.1. The van der Waals surface area contributed by atoms with E-state index in [9.17, 15) is 30.0 Å². The monoisotopic (exact) mass is 576 g/mol. The van der Waals surface area contributed by atoms with E-state index in [1.165, 1.54) is 13.8 Å². The molecule has 12 nitrogen and oxygen atoms in total. The van der Waals surface area contributed by atoms with Crippen molar-refractivity contribution in [3.63, 3.8) is 0 Å². The third-order valence-electron chi connectivity index (χ3n) is 6.78. The fraction of sp³-hybridized carbons (Fsp3) is 0.429. The van der Waals surface area contributed by atoms with E-state index < -0.39 is 54.5 Å². The van der Waals surface area contributed by atoms with Gasteiger partial charge in [-0.15, -0.1) is 5.10 Å². The number of carbonyl (C=O) groups excluding carboxylic acids is 2. The standard InChI is InChI=1S/C28H34N4O8.Na/c1-17(33)25(36)26-24(29-18(2)34)23(35)15-28(40-26,27(37)38)39-14-6-13-32-16-22(30-31-32)21-11-9-20(10-12-21)19-7-4-3-5-8-19;/h3-5,7-12,16-17,23-26,33,35-36H,6,13-15H2,1-2H3,(H,29,34)(H,37,38);/q;+1/p-1/t17-,23+,24-,25-,26-,28-;/m1./s1. The summed E-state index contributed by atoms with van der Waals surface area (Å²) in [6.45, 7) is 2.69. The van der Waals surface area contributed by atoms with E-state index in [0.717, 1.165) is 16.7 Å². The number of amides is 1. The summed E-state index contributed by atoms with van der Waals surface area (Å²) >= 11 is 0. The van der Waals surface area contributed by atoms with Crippen LogP contribution in [-0.2, 0) is 25.6 Å². The second-order valence-electron chi connectivity index (χ2n) is 9.86. The first-order valence-electron chi connectivity index (χ1n) is 13.0. The van der Waals surface area contributed by atoms with Crippen LogP contribution < -0.4 is 40.0 Å². The first-order chi connectivity index (χ1) is 19.1. The molecule has 6 atom stereocenters. The van der Waals surface area contributed by atoms with E-state index in [0.29, 0.717) is 18.7 Å². The number of ether oxygens (including phenoxy) is 2. The Hall–Kier alpha value is -2.68. The Kier molecular flexibility index (Phi) is 11.6. The molecule has 1 aliphatic rings. The van der Waals surface area contributed by atoms with Crippen LogP contribution in [0.1, 0.15) is 26.7 Å². The van der Waals surface area contributed by atoms with E-state index >= 15 is 0 Å². The summed E-state index contributed by atoms with van der Waals surface area (Å²) < 4.78 is 12.8. The van der Waals surface area contributed by atoms with Crippen LogP contribution in [-0.4, -0.2) is 85.0 Å². The maximum Gasteiger partial charge on any atom is 1.00 e. The van der Waals surface area contributed by atoms with Gasteiger partial charge in [0.05, 0.1) is 31.1 Å². The quantitative estimate of drug-likeness (QED) is 0.135. The first kappa shape index (κ1) is 32.8. The largest absolute Gasteiger partial charge is 1.00 e. The average molecular weight is 577 g/mol. The third-order valence-corrected chi connectivity index (χ3v) is 6.78. The van der Waals surface area contributed by atoms with Crippen LogP contribution in [0.15, 0.2) is 60.8 Å². The van der Waals surface area contributed by atoms with Gasteiger partial charge in [0.15, 0.2) is 0 Å². The Bertz CT molecular complexity index is 1290. The number of aromatic nitrogens is 3. The number of hydrogen-bond acceptors (Lipinski definition) is 10. The van der Waals surface area contributed by atoms with Gasteiger partial charge in [-0.1, -0.05) is 59.8 Å². The molecule has 1 aromatic heterocycles. The van der Waals surface area contributed by atoms with Gasteiger partial charge < -0.3 is 40.0 Å². The number of hydrogen-bond donors (Lipinski definition) is 4. The number of carbonyl (C=O) groups is 2. The molecule has 13 heteroatoms. The number of carboxylic acids is 1. The van der Waals surface area contributed by atoms with Crippen LogP contribution in [0.5, 0.6) is 0 Å². The minimum absolute atomic E-state index is 0. The zero-order valence-electron chi connectivity index (χ0n) is 23.2. The fourth-order valence-electron chi connectivity index (χ4n) is 4.68. The first-order valence-corrected chi connectivity index (χ1v) is 13.0. The van der Waals surface area contributed by atoms with E-state index in [2.05, 4.69) is 15.6 Å². The van der Waals surface area contributed by atoms with Crippen LogP contribution in [0.2, 0.25) is 0 Å². The summed E-state index contributed by atoms with van der Waals surface area (Å²) in [7, 11) is 0. The molecule has 0 saturated carbocycles. The van der Waals surface area contributed by atoms with Gasteiger partial charge in [-0.2, -0.15) is 0 Å². The van der Waals surface area contributed by atoms with Crippen LogP contribution in [0.3, 0.4) is 0 Å². The number of aryl methyl sites for hydroxylation is 1. The van der Waals surface area contributed by atoms with Gasteiger partial charge in [0.1, 0.15) is 23.9 Å². The molecular weight excluding hydrogens is 543 g/mol. The molecule has 1 fully saturated rings. The molecule has 3 aromatic rings. The maximum absolute atomic E-state index is 12.1. The Morgan fingerprint density at radius 2 is 1.78 bits per heavy atom. The van der Waals surface area contributed by atoms with Crippen molar-refractivity contribution in [2.45, 2.75) is 69.5 Å². The average Bonchev–Trinajstić information content (AvgIpc) is 3.41. The topological polar surface area (TPSA) is 179 Å². The number of aliphatic hydroxyl groups is 3. The molecule has 0 radical (unpaired) electrons. The molecule has 4 N–H and O–H groups in total. The van der Waals surface area contributed by atoms with Gasteiger partial charge >= 0.3 is 29.6 Å². The van der Waals surface area contributed by atoms with Crippen molar-refractivity contribution in [2.75, 3.05) is 6.61 Å². The molecular formula is C28H33N4NaO8. The van der Waals surface area contributed by atoms with Crippen LogP contribution in [0.25, 0.3) is 22.4 Å². The van der Waals surface area contributed by atoms with E-state index in [1.54, 1.807) is 10.9 Å². The minimum atomic E-state index is -2.40. The van der Waals surface area contributed by atoms with Gasteiger partial charge in [-0.25, -0.2) is 0 Å². The van der Waals surface area contributed by atoms with Gasteiger partial charge in [0.25, 0.3) is 0 Å². The van der Waals surface area contributed by atoms with Crippen LogP contribution in [0.4, 0.5) is 0 Å². The molecule has 1 amide bonds. The van der Waals surface area contributed by atoms with Crippen molar-refractivity contribution in [2.24, 2.45) is 0 Å². The van der Waals surface area contributed by atoms with Crippen LogP contribution >= 0.6 is 0 Å². The Balaban J connectivity index is 0.00000462. The number of aliphatic carboxylic acids is 1. The van der Waals surface area contributed by atoms with Crippen molar-refractivity contribution in [1.82, 2.24) is 20.3 Å². The molecule has 214 valence electrons. The van der Waals surface area contributed by atoms with Crippen molar-refractivity contribution in [1.29, 1.82) is 0 Å². The number of carboxylic acid groups (broad SMARTS) is 1. The molecule has 2 aromatic carbocycles. The van der Waals surface area contributed by atoms with Crippen molar-refractivity contribution in [3.8, 4) is 22.4 Å². The molecule has 41 heavy (non-hydrogen) atoms. The summed E-state index contributed by atoms with van der Waals surface area (Å²) in [6.07, 6.45) is -4.39. The molecule has 0 aliphatic carbocycles. The summed E-state index contributed by atoms with van der Waals surface area (Å²) in [5, 5.41) is 53.8. The van der Waals surface area contributed by atoms with Crippen molar-refractivity contribution < 1.29 is 69.0 Å². The number of nitrogens with one attached hydrogen (secondary N) is 1. The molecule has 0 bridgehead atoms. The molecule has 0 spiro atoms. The second kappa shape index (κ2) is 14.5. The summed E-state index contributed by atoms with van der Waals surface area (Å²) in [6, 6.07) is 16.8. The zero-order chi connectivity index (χ0) is 28.9. The second-order valence-corrected chi connectivity index (χ2v) is 9.86. The zero-order valence-corrected chi connectivity index (χ0v) is 25.2. The van der Waals surface area contributed by atoms with E-state index in [-0.39, 0.29) is 36.2 Å². The molecule has 1 saturated heterocycles. The summed E-state index contributed by atoms with van der Waals surface area (Å²) in [5.74, 6) is -4.68. The molecule has 4 rings (SSSR count). The van der Waals surface area contributed by atoms with Gasteiger partial charge in [0, 0.05) is 25.5 Å². The Morgan fingerprint density at radius 3 is 2.39 bits per heavy atom. The Morgan fingerprint density at radius 1 is 1.15 bits per heavy atom. The Labute approximate surface area is 259 Å². The summed E-state index contributed by atoms with van der Waals surface area (Å²) in [4.78, 5) is 23.7. The number of aliphatic hydroxyl groups excluding tert-OH is 3. The van der Waals surface area contributed by atoms with Crippen LogP contribution in [0, 0.1) is 0 Å². The van der Waals surface area contributed by atoms with Crippen molar-refractivity contribution >= 4 is 11.9 Å². The van der Waals surface area contributed by atoms with Gasteiger partial charge in [0.2, 0.25) is 11.7 Å². The smallest absolute Gasteiger partial charge is 0.544 e. The predicted molar refractivity (Wildman–Crippen MR) is 140 cm³/mol. The predicted octanol–water partition coefficient (Wildman–Crippen LogP) is -3.13. The van der Waals surface area contributed by atoms with Gasteiger partial charge in [-0.05, 0) is 24.5 Å². The normalized spacial score (nSPS) is 23.7. The van der Waals surface area contributed by atoms with Gasteiger partial charge in [-0.3, -0.25) is 9.48 Å². The summed E-state index contributed by atoms with van der Waals surface area (Å²) in [5.41, 5.74) is 3.75. The number of benzene rings is 2. The fourth-order valence-corrected chi connectivity index (χ4v) is 4.68. The molecule has 0 unspecified atom stereocenters. The third kappa shape index (κ3) is 7.99. The number of rotatable bonds is 11. The minimum Gasteiger partial charge on any atom is -0.544 e. The molecule has 1 aliphatic heterocycles. The SMILES string of the molecule is CC(=O)N[C@H]1[C@H]([C@H](O)[C@@H](C)O)O[C@@](OCCCn2cc(-c3ccc(-c4ccccc4)cc3)nn2)(C(=O)[O-])C[C@@H]1O.[Na+]. The van der Waals surface area contributed by atoms with Crippen molar-refractivity contribution in [3.05, 3.63) is 60.8 Å². The molecule has 2 heterocycles.